The van der Waals surface area contributed by atoms with Crippen molar-refractivity contribution in [3.63, 3.8) is 0 Å². The molecule has 1 amide bonds. The van der Waals surface area contributed by atoms with Crippen LogP contribution in [0.15, 0.2) is 29.3 Å². The zero-order chi connectivity index (χ0) is 18.0. The Bertz CT molecular complexity index is 540. The predicted molar refractivity (Wildman–Crippen MR) is 105 cm³/mol. The number of rotatable bonds is 8. The van der Waals surface area contributed by atoms with Gasteiger partial charge in [-0.3, -0.25) is 4.79 Å². The molecule has 0 spiro atoms. The Hall–Kier alpha value is -1.69. The molecule has 0 bridgehead atoms. The average molecular weight is 351 g/mol. The van der Waals surface area contributed by atoms with Crippen molar-refractivity contribution in [1.82, 2.24) is 16.0 Å². The van der Waals surface area contributed by atoms with E-state index in [0.717, 1.165) is 24.6 Å². The van der Waals surface area contributed by atoms with Gasteiger partial charge in [0.25, 0.3) is 5.91 Å². The van der Waals surface area contributed by atoms with Crippen LogP contribution in [0.2, 0.25) is 0 Å². The van der Waals surface area contributed by atoms with Crippen molar-refractivity contribution in [2.24, 2.45) is 4.99 Å². The van der Waals surface area contributed by atoms with Crippen LogP contribution in [0.1, 0.15) is 43.6 Å². The fourth-order valence-electron chi connectivity index (χ4n) is 1.90. The number of benzene rings is 1. The van der Waals surface area contributed by atoms with E-state index in [9.17, 15) is 4.79 Å². The minimum atomic E-state index is -0.0400. The number of thioether (sulfide) groups is 1. The summed E-state index contributed by atoms with van der Waals surface area (Å²) in [6, 6.07) is 7.58. The first-order valence-electron chi connectivity index (χ1n) is 8.36. The molecular weight excluding hydrogens is 320 g/mol. The minimum absolute atomic E-state index is 0.0400. The smallest absolute Gasteiger partial charge is 0.251 e. The number of carbonyl (C=O) groups excluding carboxylic acids is 1. The van der Waals surface area contributed by atoms with E-state index < -0.39 is 0 Å². The number of nitrogens with one attached hydrogen (secondary N) is 3. The molecule has 0 heterocycles. The maximum atomic E-state index is 11.8. The molecular formula is C18H30N4OS. The highest BCUT2D eigenvalue weighted by atomic mass is 32.2. The highest BCUT2D eigenvalue weighted by molar-refractivity contribution is 7.99. The Labute approximate surface area is 150 Å². The molecule has 0 aliphatic heterocycles. The van der Waals surface area contributed by atoms with Gasteiger partial charge in [-0.2, -0.15) is 11.8 Å². The van der Waals surface area contributed by atoms with Gasteiger partial charge >= 0.3 is 0 Å². The second-order valence-electron chi connectivity index (χ2n) is 6.07. The molecule has 0 fully saturated rings. The van der Waals surface area contributed by atoms with Gasteiger partial charge in [0.1, 0.15) is 0 Å². The van der Waals surface area contributed by atoms with Gasteiger partial charge in [-0.15, -0.1) is 0 Å². The number of nitrogens with zero attached hydrogens (tertiary/aromatic N) is 1. The number of hydrogen-bond acceptors (Lipinski definition) is 3. The molecule has 0 saturated carbocycles. The molecule has 0 radical (unpaired) electrons. The van der Waals surface area contributed by atoms with Gasteiger partial charge in [-0.1, -0.05) is 12.1 Å². The molecule has 1 aromatic carbocycles. The van der Waals surface area contributed by atoms with Crippen LogP contribution in [0, 0.1) is 0 Å². The van der Waals surface area contributed by atoms with E-state index in [0.29, 0.717) is 18.7 Å². The van der Waals surface area contributed by atoms with Gasteiger partial charge in [-0.25, -0.2) is 4.99 Å². The first-order valence-corrected chi connectivity index (χ1v) is 9.58. The minimum Gasteiger partial charge on any atom is -0.357 e. The number of carbonyl (C=O) groups is 1. The van der Waals surface area contributed by atoms with Crippen molar-refractivity contribution in [3.8, 4) is 0 Å². The second-order valence-corrected chi connectivity index (χ2v) is 7.58. The lowest BCUT2D eigenvalue weighted by Gasteiger charge is -2.23. The molecule has 1 rings (SSSR count). The Morgan fingerprint density at radius 1 is 1.08 bits per heavy atom. The van der Waals surface area contributed by atoms with E-state index in [-0.39, 0.29) is 10.7 Å². The highest BCUT2D eigenvalue weighted by Crippen LogP contribution is 2.19. The Balaban J connectivity index is 2.67. The number of hydrogen-bond donors (Lipinski definition) is 3. The fraction of sp³-hybridized carbons (Fsp3) is 0.556. The Morgan fingerprint density at radius 2 is 1.71 bits per heavy atom. The average Bonchev–Trinajstić information content (AvgIpc) is 2.58. The third kappa shape index (κ3) is 7.25. The molecule has 24 heavy (non-hydrogen) atoms. The van der Waals surface area contributed by atoms with Crippen LogP contribution in [-0.4, -0.2) is 42.5 Å². The molecule has 0 aliphatic rings. The molecule has 3 N–H and O–H groups in total. The molecule has 0 unspecified atom stereocenters. The van der Waals surface area contributed by atoms with Crippen molar-refractivity contribution in [2.45, 2.75) is 39.0 Å². The predicted octanol–water partition coefficient (Wildman–Crippen LogP) is 2.63. The van der Waals surface area contributed by atoms with Crippen molar-refractivity contribution < 1.29 is 4.79 Å². The van der Waals surface area contributed by atoms with Crippen molar-refractivity contribution in [1.29, 1.82) is 0 Å². The van der Waals surface area contributed by atoms with Crippen LogP contribution in [0.5, 0.6) is 0 Å². The largest absolute Gasteiger partial charge is 0.357 e. The number of aliphatic imine (C=N–C) groups is 1. The van der Waals surface area contributed by atoms with Crippen LogP contribution in [0.25, 0.3) is 0 Å². The lowest BCUT2D eigenvalue weighted by atomic mass is 10.1. The standard InChI is InChI=1S/C18H30N4OS/c1-6-19-16(23)15-10-8-14(9-11-15)12-21-17(20-7-2)22-13-18(3,4)24-5/h8-11H,6-7,12-13H2,1-5H3,(H,19,23)(H2,20,21,22). The molecule has 0 saturated heterocycles. The van der Waals surface area contributed by atoms with Gasteiger partial charge in [-0.05, 0) is 51.6 Å². The fourth-order valence-corrected chi connectivity index (χ4v) is 2.12. The number of guanidine groups is 1. The maximum absolute atomic E-state index is 11.8. The molecule has 0 atom stereocenters. The van der Waals surface area contributed by atoms with E-state index in [4.69, 9.17) is 0 Å². The quantitative estimate of drug-likeness (QED) is 0.498. The highest BCUT2D eigenvalue weighted by Gasteiger charge is 2.16. The van der Waals surface area contributed by atoms with Crippen molar-refractivity contribution in [3.05, 3.63) is 35.4 Å². The van der Waals surface area contributed by atoms with E-state index in [1.54, 1.807) is 0 Å². The summed E-state index contributed by atoms with van der Waals surface area (Å²) in [5.41, 5.74) is 1.75. The van der Waals surface area contributed by atoms with Crippen LogP contribution in [0.4, 0.5) is 0 Å². The van der Waals surface area contributed by atoms with Crippen LogP contribution < -0.4 is 16.0 Å². The van der Waals surface area contributed by atoms with Crippen molar-refractivity contribution >= 4 is 23.6 Å². The van der Waals surface area contributed by atoms with E-state index in [1.165, 1.54) is 0 Å². The van der Waals surface area contributed by atoms with Gasteiger partial charge in [0.05, 0.1) is 6.54 Å². The van der Waals surface area contributed by atoms with Crippen LogP contribution in [0.3, 0.4) is 0 Å². The SMILES string of the molecule is CCNC(=O)c1ccc(CN=C(NCC)NCC(C)(C)SC)cc1. The summed E-state index contributed by atoms with van der Waals surface area (Å²) in [5, 5.41) is 9.44. The lowest BCUT2D eigenvalue weighted by Crippen LogP contribution is -2.43. The Morgan fingerprint density at radius 3 is 2.25 bits per heavy atom. The van der Waals surface area contributed by atoms with Gasteiger partial charge < -0.3 is 16.0 Å². The monoisotopic (exact) mass is 350 g/mol. The van der Waals surface area contributed by atoms with E-state index in [2.05, 4.69) is 48.0 Å². The zero-order valence-electron chi connectivity index (χ0n) is 15.4. The molecule has 0 aliphatic carbocycles. The summed E-state index contributed by atoms with van der Waals surface area (Å²) in [4.78, 5) is 16.4. The summed E-state index contributed by atoms with van der Waals surface area (Å²) in [6.07, 6.45) is 2.11. The van der Waals surface area contributed by atoms with Gasteiger partial charge in [0.15, 0.2) is 5.96 Å². The Kier molecular flexibility index (Phi) is 8.68. The first-order chi connectivity index (χ1) is 11.4. The second kappa shape index (κ2) is 10.2. The molecule has 1 aromatic rings. The summed E-state index contributed by atoms with van der Waals surface area (Å²) in [5.74, 6) is 0.772. The maximum Gasteiger partial charge on any atom is 0.251 e. The van der Waals surface area contributed by atoms with Gasteiger partial charge in [0, 0.05) is 29.9 Å². The van der Waals surface area contributed by atoms with Crippen LogP contribution >= 0.6 is 11.8 Å². The molecule has 5 nitrogen and oxygen atoms in total. The summed E-state index contributed by atoms with van der Waals surface area (Å²) < 4.78 is 0.157. The number of amides is 1. The summed E-state index contributed by atoms with van der Waals surface area (Å²) in [6.45, 7) is 11.2. The third-order valence-electron chi connectivity index (χ3n) is 3.55. The van der Waals surface area contributed by atoms with Crippen LogP contribution in [-0.2, 0) is 6.54 Å². The third-order valence-corrected chi connectivity index (χ3v) is 4.80. The normalized spacial score (nSPS) is 12.0. The zero-order valence-corrected chi connectivity index (χ0v) is 16.2. The molecule has 134 valence electrons. The topological polar surface area (TPSA) is 65.5 Å². The summed E-state index contributed by atoms with van der Waals surface area (Å²) >= 11 is 1.83. The summed E-state index contributed by atoms with van der Waals surface area (Å²) in [7, 11) is 0. The van der Waals surface area contributed by atoms with Gasteiger partial charge in [0.2, 0.25) is 0 Å². The molecule has 6 heteroatoms. The lowest BCUT2D eigenvalue weighted by molar-refractivity contribution is 0.0956. The molecule has 0 aromatic heterocycles. The first kappa shape index (κ1) is 20.4. The van der Waals surface area contributed by atoms with Crippen molar-refractivity contribution in [2.75, 3.05) is 25.9 Å². The van der Waals surface area contributed by atoms with E-state index >= 15 is 0 Å². The van der Waals surface area contributed by atoms with E-state index in [1.807, 2.05) is 43.0 Å².